The summed E-state index contributed by atoms with van der Waals surface area (Å²) in [6.45, 7) is 2.32. The molecule has 1 aromatic heterocycles. The molecular weight excluding hydrogens is 268 g/mol. The number of ether oxygens (including phenoxy) is 1. The number of hydrogen-bond acceptors (Lipinski definition) is 5. The fourth-order valence-corrected chi connectivity index (χ4v) is 2.67. The van der Waals surface area contributed by atoms with Gasteiger partial charge in [-0.2, -0.15) is 8.42 Å². The molecule has 1 aromatic carbocycles. The Morgan fingerprint density at radius 1 is 1.32 bits per heavy atom. The Labute approximate surface area is 111 Å². The second-order valence-electron chi connectivity index (χ2n) is 3.73. The molecule has 0 fully saturated rings. The molecule has 0 bridgehead atoms. The maximum absolute atomic E-state index is 12.1. The lowest BCUT2D eigenvalue weighted by atomic mass is 10.3. The average Bonchev–Trinajstić information content (AvgIpc) is 2.87. The van der Waals surface area contributed by atoms with Gasteiger partial charge in [0.25, 0.3) is 0 Å². The molecular formula is C12H14N2O4S. The summed E-state index contributed by atoms with van der Waals surface area (Å²) < 4.78 is 35.8. The molecule has 0 unspecified atom stereocenters. The van der Waals surface area contributed by atoms with Crippen molar-refractivity contribution in [3.63, 3.8) is 0 Å². The first-order chi connectivity index (χ1) is 9.06. The molecule has 0 saturated carbocycles. The van der Waals surface area contributed by atoms with Gasteiger partial charge in [-0.15, -0.1) is 0 Å². The van der Waals surface area contributed by atoms with Crippen molar-refractivity contribution < 1.29 is 17.3 Å². The van der Waals surface area contributed by atoms with Crippen LogP contribution in [0.3, 0.4) is 0 Å². The molecule has 0 atom stereocenters. The molecule has 0 N–H and O–H groups in total. The summed E-state index contributed by atoms with van der Waals surface area (Å²) in [6, 6.07) is 6.41. The number of methoxy groups -OCH3 is 1. The minimum Gasteiger partial charge on any atom is -0.497 e. The maximum atomic E-state index is 12.1. The van der Waals surface area contributed by atoms with Gasteiger partial charge in [0.15, 0.2) is 5.03 Å². The zero-order valence-corrected chi connectivity index (χ0v) is 11.4. The third kappa shape index (κ3) is 2.87. The Morgan fingerprint density at radius 2 is 2.05 bits per heavy atom. The second kappa shape index (κ2) is 5.31. The zero-order chi connectivity index (χ0) is 13.9. The number of hydrogen-bond donors (Lipinski definition) is 0. The van der Waals surface area contributed by atoms with Crippen LogP contribution < -0.4 is 8.92 Å². The van der Waals surface area contributed by atoms with E-state index in [9.17, 15) is 8.42 Å². The van der Waals surface area contributed by atoms with Crippen LogP contribution in [0.15, 0.2) is 41.8 Å². The second-order valence-corrected chi connectivity index (χ2v) is 5.23. The van der Waals surface area contributed by atoms with Crippen LogP contribution in [0.5, 0.6) is 11.5 Å². The predicted octanol–water partition coefficient (Wildman–Crippen LogP) is 1.68. The van der Waals surface area contributed by atoms with Crippen LogP contribution in [0.25, 0.3) is 0 Å². The number of nitrogens with zero attached hydrogens (tertiary/aromatic N) is 2. The van der Waals surface area contributed by atoms with Crippen molar-refractivity contribution in [1.29, 1.82) is 0 Å². The summed E-state index contributed by atoms with van der Waals surface area (Å²) in [5.41, 5.74) is 0. The Bertz CT molecular complexity index is 664. The predicted molar refractivity (Wildman–Crippen MR) is 68.7 cm³/mol. The average molecular weight is 282 g/mol. The summed E-state index contributed by atoms with van der Waals surface area (Å²) >= 11 is 0. The highest BCUT2D eigenvalue weighted by Crippen LogP contribution is 2.22. The molecule has 0 aliphatic carbocycles. The topological polar surface area (TPSA) is 70.4 Å². The fourth-order valence-electron chi connectivity index (χ4n) is 1.58. The Balaban J connectivity index is 2.31. The van der Waals surface area contributed by atoms with Gasteiger partial charge in [-0.3, -0.25) is 0 Å². The van der Waals surface area contributed by atoms with E-state index in [0.29, 0.717) is 12.3 Å². The molecule has 0 aliphatic heterocycles. The van der Waals surface area contributed by atoms with Gasteiger partial charge in [-0.25, -0.2) is 4.98 Å². The molecule has 0 radical (unpaired) electrons. The van der Waals surface area contributed by atoms with E-state index in [0.717, 1.165) is 0 Å². The minimum atomic E-state index is -3.89. The first-order valence-corrected chi connectivity index (χ1v) is 7.06. The van der Waals surface area contributed by atoms with E-state index in [4.69, 9.17) is 8.92 Å². The van der Waals surface area contributed by atoms with Crippen LogP contribution in [0.2, 0.25) is 0 Å². The smallest absolute Gasteiger partial charge is 0.356 e. The summed E-state index contributed by atoms with van der Waals surface area (Å²) in [7, 11) is -2.39. The van der Waals surface area contributed by atoms with Gasteiger partial charge in [0.2, 0.25) is 0 Å². The van der Waals surface area contributed by atoms with Crippen LogP contribution in [-0.4, -0.2) is 25.1 Å². The Kier molecular flexibility index (Phi) is 3.75. The van der Waals surface area contributed by atoms with E-state index in [1.54, 1.807) is 18.2 Å². The van der Waals surface area contributed by atoms with Gasteiger partial charge in [0.05, 0.1) is 19.6 Å². The van der Waals surface area contributed by atoms with Crippen molar-refractivity contribution in [2.45, 2.75) is 18.5 Å². The maximum Gasteiger partial charge on any atom is 0.356 e. The van der Waals surface area contributed by atoms with E-state index < -0.39 is 10.1 Å². The summed E-state index contributed by atoms with van der Waals surface area (Å²) in [5.74, 6) is 0.722. The van der Waals surface area contributed by atoms with Crippen LogP contribution in [-0.2, 0) is 16.7 Å². The number of aromatic nitrogens is 2. The Morgan fingerprint density at radius 3 is 2.74 bits per heavy atom. The standard InChI is InChI=1S/C12H14N2O4S/c1-3-14-9-13-8-12(14)19(15,16)18-11-6-4-5-10(7-11)17-2/h4-9H,3H2,1-2H3. The van der Waals surface area contributed by atoms with E-state index in [-0.39, 0.29) is 10.8 Å². The zero-order valence-electron chi connectivity index (χ0n) is 10.6. The monoisotopic (exact) mass is 282 g/mol. The van der Waals surface area contributed by atoms with Crippen LogP contribution in [0.4, 0.5) is 0 Å². The van der Waals surface area contributed by atoms with Crippen LogP contribution >= 0.6 is 0 Å². The number of aryl methyl sites for hydroxylation is 1. The quantitative estimate of drug-likeness (QED) is 0.780. The lowest BCUT2D eigenvalue weighted by Crippen LogP contribution is -2.14. The normalized spacial score (nSPS) is 11.3. The molecule has 2 aromatic rings. The molecule has 0 saturated heterocycles. The van der Waals surface area contributed by atoms with Crippen LogP contribution in [0.1, 0.15) is 6.92 Å². The van der Waals surface area contributed by atoms with Crippen molar-refractivity contribution in [3.05, 3.63) is 36.8 Å². The summed E-state index contributed by atoms with van der Waals surface area (Å²) in [6.07, 6.45) is 2.71. The third-order valence-electron chi connectivity index (χ3n) is 2.52. The molecule has 102 valence electrons. The first kappa shape index (κ1) is 13.4. The molecule has 0 spiro atoms. The van der Waals surface area contributed by atoms with Crippen LogP contribution in [0, 0.1) is 0 Å². The van der Waals surface area contributed by atoms with Gasteiger partial charge in [0, 0.05) is 12.6 Å². The number of imidazole rings is 1. The first-order valence-electron chi connectivity index (χ1n) is 5.65. The molecule has 0 aliphatic rings. The van der Waals surface area contributed by atoms with Gasteiger partial charge < -0.3 is 13.5 Å². The lowest BCUT2D eigenvalue weighted by molar-refractivity contribution is 0.411. The SMILES string of the molecule is CCn1cncc1S(=O)(=O)Oc1cccc(OC)c1. The van der Waals surface area contributed by atoms with E-state index in [1.165, 1.54) is 30.3 Å². The van der Waals surface area contributed by atoms with E-state index >= 15 is 0 Å². The minimum absolute atomic E-state index is 0.0258. The third-order valence-corrected chi connectivity index (χ3v) is 3.78. The number of rotatable bonds is 5. The molecule has 1 heterocycles. The van der Waals surface area contributed by atoms with Gasteiger partial charge >= 0.3 is 10.1 Å². The van der Waals surface area contributed by atoms with Crippen molar-refractivity contribution in [2.24, 2.45) is 0 Å². The van der Waals surface area contributed by atoms with Crippen molar-refractivity contribution >= 4 is 10.1 Å². The molecule has 7 heteroatoms. The van der Waals surface area contributed by atoms with Gasteiger partial charge in [-0.05, 0) is 19.1 Å². The highest BCUT2D eigenvalue weighted by molar-refractivity contribution is 7.87. The van der Waals surface area contributed by atoms with Crippen molar-refractivity contribution in [1.82, 2.24) is 9.55 Å². The van der Waals surface area contributed by atoms with E-state index in [2.05, 4.69) is 4.98 Å². The highest BCUT2D eigenvalue weighted by Gasteiger charge is 2.21. The largest absolute Gasteiger partial charge is 0.497 e. The lowest BCUT2D eigenvalue weighted by Gasteiger charge is -2.09. The summed E-state index contributed by atoms with van der Waals surface area (Å²) in [4.78, 5) is 3.81. The van der Waals surface area contributed by atoms with Gasteiger partial charge in [-0.1, -0.05) is 6.07 Å². The summed E-state index contributed by atoms with van der Waals surface area (Å²) in [5, 5.41) is 0.0258. The Hall–Kier alpha value is -2.02. The number of benzene rings is 1. The molecule has 0 amide bonds. The van der Waals surface area contributed by atoms with Gasteiger partial charge in [0.1, 0.15) is 11.5 Å². The highest BCUT2D eigenvalue weighted by atomic mass is 32.2. The molecule has 19 heavy (non-hydrogen) atoms. The fraction of sp³-hybridized carbons (Fsp3) is 0.250. The van der Waals surface area contributed by atoms with E-state index in [1.807, 2.05) is 6.92 Å². The van der Waals surface area contributed by atoms with Crippen molar-refractivity contribution in [3.8, 4) is 11.5 Å². The van der Waals surface area contributed by atoms with Crippen molar-refractivity contribution in [2.75, 3.05) is 7.11 Å². The molecule has 2 rings (SSSR count). The molecule has 6 nitrogen and oxygen atoms in total.